The van der Waals surface area contributed by atoms with Crippen molar-refractivity contribution in [2.45, 2.75) is 0 Å². The third-order valence-corrected chi connectivity index (χ3v) is 1.94. The van der Waals surface area contributed by atoms with Crippen molar-refractivity contribution in [1.29, 1.82) is 0 Å². The van der Waals surface area contributed by atoms with Crippen molar-refractivity contribution >= 4 is 33.4 Å². The number of nitrogens with two attached hydrogens (primary N) is 1. The standard InChI is InChI=1S/C8H6BrNO3.Na/c9-4-1-2-6(10)5(3-4)7(11)8(12)13;/h1-3H,10H2,(H,12,13);/q;+1/p-1. The molecule has 0 fully saturated rings. The number of benzene rings is 1. The van der Waals surface area contributed by atoms with Crippen molar-refractivity contribution in [2.24, 2.45) is 0 Å². The van der Waals surface area contributed by atoms with Gasteiger partial charge in [0.25, 0.3) is 0 Å². The predicted molar refractivity (Wildman–Crippen MR) is 47.9 cm³/mol. The van der Waals surface area contributed by atoms with Crippen LogP contribution in [0.25, 0.3) is 0 Å². The zero-order valence-corrected chi connectivity index (χ0v) is 11.0. The molecule has 0 unspecified atom stereocenters. The molecule has 0 bridgehead atoms. The maximum absolute atomic E-state index is 11.0. The Hall–Kier alpha value is -0.360. The van der Waals surface area contributed by atoms with Crippen LogP contribution in [0.1, 0.15) is 10.4 Å². The van der Waals surface area contributed by atoms with Gasteiger partial charge in [0.2, 0.25) is 5.78 Å². The van der Waals surface area contributed by atoms with Gasteiger partial charge in [0, 0.05) is 15.7 Å². The second kappa shape index (κ2) is 5.50. The minimum Gasteiger partial charge on any atom is -0.541 e. The first-order valence-corrected chi connectivity index (χ1v) is 4.12. The van der Waals surface area contributed by atoms with Crippen LogP contribution in [0.4, 0.5) is 5.69 Å². The molecule has 0 saturated heterocycles. The van der Waals surface area contributed by atoms with E-state index in [2.05, 4.69) is 15.9 Å². The maximum atomic E-state index is 11.0. The molecule has 0 saturated carbocycles. The van der Waals surface area contributed by atoms with Crippen molar-refractivity contribution in [2.75, 3.05) is 5.73 Å². The third-order valence-electron chi connectivity index (χ3n) is 1.45. The minimum absolute atomic E-state index is 0. The Kier molecular flexibility index (Phi) is 5.36. The summed E-state index contributed by atoms with van der Waals surface area (Å²) in [5, 5.41) is 10.2. The molecule has 0 amide bonds. The van der Waals surface area contributed by atoms with E-state index in [4.69, 9.17) is 5.73 Å². The summed E-state index contributed by atoms with van der Waals surface area (Å²) in [7, 11) is 0. The van der Waals surface area contributed by atoms with Crippen LogP contribution in [0.2, 0.25) is 0 Å². The second-order valence-corrected chi connectivity index (χ2v) is 3.26. The van der Waals surface area contributed by atoms with Crippen molar-refractivity contribution in [3.63, 3.8) is 0 Å². The summed E-state index contributed by atoms with van der Waals surface area (Å²) in [6, 6.07) is 4.40. The summed E-state index contributed by atoms with van der Waals surface area (Å²) in [5.74, 6) is -2.87. The van der Waals surface area contributed by atoms with Gasteiger partial charge in [-0.05, 0) is 18.2 Å². The van der Waals surface area contributed by atoms with Gasteiger partial charge in [-0.2, -0.15) is 0 Å². The van der Waals surface area contributed by atoms with Crippen molar-refractivity contribution in [3.05, 3.63) is 28.2 Å². The Morgan fingerprint density at radius 1 is 1.36 bits per heavy atom. The Labute approximate surface area is 111 Å². The van der Waals surface area contributed by atoms with Crippen molar-refractivity contribution in [3.8, 4) is 0 Å². The smallest absolute Gasteiger partial charge is 0.541 e. The van der Waals surface area contributed by atoms with Gasteiger partial charge in [-0.15, -0.1) is 0 Å². The number of carboxylic acid groups (broad SMARTS) is 1. The van der Waals surface area contributed by atoms with Crippen LogP contribution in [-0.2, 0) is 4.79 Å². The van der Waals surface area contributed by atoms with E-state index >= 15 is 0 Å². The van der Waals surface area contributed by atoms with E-state index in [9.17, 15) is 14.7 Å². The largest absolute Gasteiger partial charge is 1.00 e. The molecule has 0 aromatic heterocycles. The Balaban J connectivity index is 0.00000169. The van der Waals surface area contributed by atoms with Crippen LogP contribution in [0.3, 0.4) is 0 Å². The predicted octanol–water partition coefficient (Wildman–Crippen LogP) is -3.03. The van der Waals surface area contributed by atoms with E-state index in [0.29, 0.717) is 4.47 Å². The Morgan fingerprint density at radius 2 is 1.93 bits per heavy atom. The molecule has 1 aromatic rings. The van der Waals surface area contributed by atoms with Crippen molar-refractivity contribution in [1.82, 2.24) is 0 Å². The Bertz CT molecular complexity index is 381. The quantitative estimate of drug-likeness (QED) is 0.267. The van der Waals surface area contributed by atoms with Crippen LogP contribution in [0.15, 0.2) is 22.7 Å². The first-order valence-electron chi connectivity index (χ1n) is 3.33. The molecule has 4 nitrogen and oxygen atoms in total. The second-order valence-electron chi connectivity index (χ2n) is 2.35. The SMILES string of the molecule is Nc1ccc(Br)cc1C(=O)C(=O)[O-].[Na+]. The number of hydrogen-bond donors (Lipinski definition) is 1. The van der Waals surface area contributed by atoms with Crippen LogP contribution in [0, 0.1) is 0 Å². The fraction of sp³-hybridized carbons (Fsp3) is 0. The monoisotopic (exact) mass is 265 g/mol. The van der Waals surface area contributed by atoms with E-state index < -0.39 is 11.8 Å². The number of carboxylic acids is 1. The van der Waals surface area contributed by atoms with Crippen molar-refractivity contribution < 1.29 is 44.3 Å². The molecule has 0 spiro atoms. The van der Waals surface area contributed by atoms with Gasteiger partial charge in [-0.1, -0.05) is 15.9 Å². The number of hydrogen-bond acceptors (Lipinski definition) is 4. The minimum atomic E-state index is -1.76. The zero-order chi connectivity index (χ0) is 10.0. The molecule has 0 atom stereocenters. The maximum Gasteiger partial charge on any atom is 1.00 e. The number of Topliss-reactive ketones (excluding diaryl/α,β-unsaturated/α-hetero) is 1. The number of carbonyl (C=O) groups is 2. The molecule has 68 valence electrons. The van der Waals surface area contributed by atoms with Gasteiger partial charge in [0.15, 0.2) is 0 Å². The molecular formula is C8H5BrNNaO3. The number of nitrogen functional groups attached to an aromatic ring is 1. The zero-order valence-electron chi connectivity index (χ0n) is 7.41. The Morgan fingerprint density at radius 3 is 2.43 bits per heavy atom. The molecule has 0 aliphatic rings. The summed E-state index contributed by atoms with van der Waals surface area (Å²) in [6.45, 7) is 0. The summed E-state index contributed by atoms with van der Waals surface area (Å²) >= 11 is 3.09. The molecule has 0 radical (unpaired) electrons. The van der Waals surface area contributed by atoms with Gasteiger partial charge in [-0.3, -0.25) is 4.79 Å². The summed E-state index contributed by atoms with van der Waals surface area (Å²) in [4.78, 5) is 21.2. The summed E-state index contributed by atoms with van der Waals surface area (Å²) < 4.78 is 0.589. The number of ketones is 1. The molecule has 2 N–H and O–H groups in total. The topological polar surface area (TPSA) is 83.2 Å². The first kappa shape index (κ1) is 13.6. The third kappa shape index (κ3) is 3.09. The normalized spacial score (nSPS) is 8.93. The summed E-state index contributed by atoms with van der Waals surface area (Å²) in [6.07, 6.45) is 0. The molecule has 6 heteroatoms. The van der Waals surface area contributed by atoms with E-state index in [0.717, 1.165) is 0 Å². The van der Waals surface area contributed by atoms with Gasteiger partial charge < -0.3 is 15.6 Å². The molecule has 1 aromatic carbocycles. The summed E-state index contributed by atoms with van der Waals surface area (Å²) in [5.41, 5.74) is 5.46. The van der Waals surface area contributed by atoms with Crippen LogP contribution < -0.4 is 40.4 Å². The van der Waals surface area contributed by atoms with Gasteiger partial charge in [-0.25, -0.2) is 0 Å². The van der Waals surface area contributed by atoms with Crippen LogP contribution in [0.5, 0.6) is 0 Å². The van der Waals surface area contributed by atoms with Gasteiger partial charge >= 0.3 is 29.6 Å². The fourth-order valence-electron chi connectivity index (χ4n) is 0.835. The molecule has 14 heavy (non-hydrogen) atoms. The molecule has 0 heterocycles. The molecule has 0 aliphatic heterocycles. The number of carbonyl (C=O) groups excluding carboxylic acids is 2. The van der Waals surface area contributed by atoms with Crippen LogP contribution >= 0.6 is 15.9 Å². The van der Waals surface area contributed by atoms with E-state index in [1.165, 1.54) is 12.1 Å². The van der Waals surface area contributed by atoms with Gasteiger partial charge in [0.05, 0.1) is 0 Å². The average molecular weight is 266 g/mol. The molecular weight excluding hydrogens is 261 g/mol. The molecule has 0 aliphatic carbocycles. The number of rotatable bonds is 2. The first-order chi connectivity index (χ1) is 6.02. The number of aliphatic carboxylic acids is 1. The van der Waals surface area contributed by atoms with Gasteiger partial charge in [0.1, 0.15) is 5.97 Å². The fourth-order valence-corrected chi connectivity index (χ4v) is 1.20. The average Bonchev–Trinajstić information content (AvgIpc) is 2.08. The number of anilines is 1. The number of halogens is 1. The van der Waals surface area contributed by atoms with E-state index in [-0.39, 0.29) is 40.8 Å². The van der Waals surface area contributed by atoms with E-state index in [1.807, 2.05) is 0 Å². The van der Waals surface area contributed by atoms with E-state index in [1.54, 1.807) is 6.07 Å². The van der Waals surface area contributed by atoms with Crippen LogP contribution in [-0.4, -0.2) is 11.8 Å². The molecule has 1 rings (SSSR count).